The van der Waals surface area contributed by atoms with Crippen molar-refractivity contribution in [1.29, 1.82) is 0 Å². The van der Waals surface area contributed by atoms with Gasteiger partial charge >= 0.3 is 0 Å². The molecular formula is C18H19N5O2S. The van der Waals surface area contributed by atoms with Crippen molar-refractivity contribution < 1.29 is 8.42 Å². The van der Waals surface area contributed by atoms with E-state index in [2.05, 4.69) is 25.9 Å². The van der Waals surface area contributed by atoms with E-state index < -0.39 is 10.0 Å². The molecule has 0 fully saturated rings. The minimum Gasteiger partial charge on any atom is -0.265 e. The highest BCUT2D eigenvalue weighted by Gasteiger charge is 2.20. The average Bonchev–Trinajstić information content (AvgIpc) is 3.27. The summed E-state index contributed by atoms with van der Waals surface area (Å²) in [4.78, 5) is 8.60. The molecule has 4 rings (SSSR count). The summed E-state index contributed by atoms with van der Waals surface area (Å²) < 4.78 is 27.4. The van der Waals surface area contributed by atoms with Crippen LogP contribution in [0.15, 0.2) is 42.7 Å². The molecule has 26 heavy (non-hydrogen) atoms. The van der Waals surface area contributed by atoms with E-state index in [0.29, 0.717) is 11.6 Å². The number of sulfonamides is 1. The summed E-state index contributed by atoms with van der Waals surface area (Å²) in [7, 11) is -3.33. The predicted molar refractivity (Wildman–Crippen MR) is 98.3 cm³/mol. The van der Waals surface area contributed by atoms with Crippen LogP contribution < -0.4 is 4.72 Å². The van der Waals surface area contributed by atoms with Gasteiger partial charge in [-0.3, -0.25) is 4.98 Å². The standard InChI is InChI=1S/C18H19N5O2S/c1-26(24,25)20-12-17-21-18(14-8-10-19-11-9-14)22-23(17)16-7-3-5-13-4-2-6-15(13)16/h3,5,7-11,20H,2,4,6,12H2,1H3. The molecule has 8 heteroatoms. The fourth-order valence-corrected chi connectivity index (χ4v) is 3.66. The van der Waals surface area contributed by atoms with Crippen molar-refractivity contribution >= 4 is 10.0 Å². The molecule has 1 aliphatic carbocycles. The zero-order valence-corrected chi connectivity index (χ0v) is 15.2. The van der Waals surface area contributed by atoms with E-state index in [4.69, 9.17) is 0 Å². The topological polar surface area (TPSA) is 89.8 Å². The molecule has 1 aliphatic rings. The first-order valence-electron chi connectivity index (χ1n) is 8.43. The maximum atomic E-state index is 11.5. The Hall–Kier alpha value is -2.58. The first-order valence-corrected chi connectivity index (χ1v) is 10.3. The predicted octanol–water partition coefficient (Wildman–Crippen LogP) is 1.87. The lowest BCUT2D eigenvalue weighted by Crippen LogP contribution is -2.23. The van der Waals surface area contributed by atoms with Crippen LogP contribution in [0.5, 0.6) is 0 Å². The van der Waals surface area contributed by atoms with Crippen molar-refractivity contribution in [2.45, 2.75) is 25.8 Å². The molecule has 0 saturated heterocycles. The Morgan fingerprint density at radius 1 is 1.15 bits per heavy atom. The number of nitrogens with one attached hydrogen (secondary N) is 1. The molecule has 0 saturated carbocycles. The van der Waals surface area contributed by atoms with E-state index in [1.165, 1.54) is 11.1 Å². The number of fused-ring (bicyclic) bond motifs is 1. The van der Waals surface area contributed by atoms with Crippen LogP contribution >= 0.6 is 0 Å². The van der Waals surface area contributed by atoms with Crippen LogP contribution in [-0.4, -0.2) is 34.4 Å². The number of aromatic nitrogens is 4. The number of hydrogen-bond donors (Lipinski definition) is 1. The Bertz CT molecular complexity index is 1040. The third-order valence-electron chi connectivity index (χ3n) is 4.45. The van der Waals surface area contributed by atoms with Crippen LogP contribution in [0.1, 0.15) is 23.4 Å². The second kappa shape index (κ2) is 6.62. The number of nitrogens with zero attached hydrogens (tertiary/aromatic N) is 4. The summed E-state index contributed by atoms with van der Waals surface area (Å²) in [6.45, 7) is 0.0839. The van der Waals surface area contributed by atoms with Gasteiger partial charge in [-0.25, -0.2) is 22.8 Å². The van der Waals surface area contributed by atoms with Crippen LogP contribution in [0.4, 0.5) is 0 Å². The number of hydrogen-bond acceptors (Lipinski definition) is 5. The van der Waals surface area contributed by atoms with Crippen LogP contribution in [0, 0.1) is 0 Å². The lowest BCUT2D eigenvalue weighted by atomic mass is 10.1. The third-order valence-corrected chi connectivity index (χ3v) is 5.12. The van der Waals surface area contributed by atoms with Crippen molar-refractivity contribution in [3.63, 3.8) is 0 Å². The molecule has 7 nitrogen and oxygen atoms in total. The average molecular weight is 369 g/mol. The minimum absolute atomic E-state index is 0.0839. The minimum atomic E-state index is -3.33. The number of aryl methyl sites for hydroxylation is 1. The lowest BCUT2D eigenvalue weighted by molar-refractivity contribution is 0.584. The first kappa shape index (κ1) is 16.9. The maximum Gasteiger partial charge on any atom is 0.209 e. The Morgan fingerprint density at radius 3 is 2.73 bits per heavy atom. The van der Waals surface area contributed by atoms with Gasteiger partial charge in [-0.15, -0.1) is 5.10 Å². The summed E-state index contributed by atoms with van der Waals surface area (Å²) in [5.41, 5.74) is 4.40. The molecule has 0 unspecified atom stereocenters. The molecule has 1 N–H and O–H groups in total. The molecule has 0 atom stereocenters. The SMILES string of the molecule is CS(=O)(=O)NCc1nc(-c2ccncc2)nn1-c1cccc2c1CCC2. The molecule has 1 aromatic carbocycles. The summed E-state index contributed by atoms with van der Waals surface area (Å²) in [6.07, 6.45) is 7.68. The Morgan fingerprint density at radius 2 is 1.96 bits per heavy atom. The summed E-state index contributed by atoms with van der Waals surface area (Å²) in [6, 6.07) is 9.84. The maximum absolute atomic E-state index is 11.5. The van der Waals surface area contributed by atoms with Crippen molar-refractivity contribution in [2.75, 3.05) is 6.26 Å². The highest BCUT2D eigenvalue weighted by atomic mass is 32.2. The van der Waals surface area contributed by atoms with Crippen LogP contribution in [-0.2, 0) is 29.4 Å². The van der Waals surface area contributed by atoms with Gasteiger partial charge in [0.1, 0.15) is 5.82 Å². The van der Waals surface area contributed by atoms with Gasteiger partial charge < -0.3 is 0 Å². The highest BCUT2D eigenvalue weighted by molar-refractivity contribution is 7.88. The molecule has 2 aromatic heterocycles. The molecule has 0 bridgehead atoms. The molecule has 134 valence electrons. The molecule has 0 radical (unpaired) electrons. The zero-order valence-electron chi connectivity index (χ0n) is 14.4. The van der Waals surface area contributed by atoms with Gasteiger partial charge in [-0.1, -0.05) is 12.1 Å². The molecule has 2 heterocycles. The van der Waals surface area contributed by atoms with Crippen molar-refractivity contribution in [3.8, 4) is 17.1 Å². The van der Waals surface area contributed by atoms with Gasteiger partial charge in [0.15, 0.2) is 5.82 Å². The smallest absolute Gasteiger partial charge is 0.209 e. The Labute approximate surface area is 152 Å². The van der Waals surface area contributed by atoms with E-state index in [1.54, 1.807) is 17.1 Å². The molecule has 0 aliphatic heterocycles. The van der Waals surface area contributed by atoms with E-state index >= 15 is 0 Å². The Balaban J connectivity index is 1.82. The summed E-state index contributed by atoms with van der Waals surface area (Å²) in [5, 5.41) is 4.67. The van der Waals surface area contributed by atoms with Gasteiger partial charge in [0, 0.05) is 18.0 Å². The normalized spacial score (nSPS) is 13.7. The van der Waals surface area contributed by atoms with E-state index in [-0.39, 0.29) is 6.54 Å². The van der Waals surface area contributed by atoms with Crippen LogP contribution in [0.25, 0.3) is 17.1 Å². The second-order valence-electron chi connectivity index (χ2n) is 6.36. The largest absolute Gasteiger partial charge is 0.265 e. The van der Waals surface area contributed by atoms with Crippen LogP contribution in [0.2, 0.25) is 0 Å². The van der Waals surface area contributed by atoms with Crippen molar-refractivity contribution in [1.82, 2.24) is 24.5 Å². The quantitative estimate of drug-likeness (QED) is 0.741. The van der Waals surface area contributed by atoms with Gasteiger partial charge in [0.25, 0.3) is 0 Å². The van der Waals surface area contributed by atoms with Crippen LogP contribution in [0.3, 0.4) is 0 Å². The fraction of sp³-hybridized carbons (Fsp3) is 0.278. The summed E-state index contributed by atoms with van der Waals surface area (Å²) >= 11 is 0. The van der Waals surface area contributed by atoms with Gasteiger partial charge in [-0.05, 0) is 48.6 Å². The Kier molecular flexibility index (Phi) is 4.29. The highest BCUT2D eigenvalue weighted by Crippen LogP contribution is 2.29. The second-order valence-corrected chi connectivity index (χ2v) is 8.19. The lowest BCUT2D eigenvalue weighted by Gasteiger charge is -2.11. The van der Waals surface area contributed by atoms with Crippen molar-refractivity contribution in [2.24, 2.45) is 0 Å². The third kappa shape index (κ3) is 3.38. The summed E-state index contributed by atoms with van der Waals surface area (Å²) in [5.74, 6) is 1.11. The first-order chi connectivity index (χ1) is 12.5. The molecule has 3 aromatic rings. The number of pyridine rings is 1. The van der Waals surface area contributed by atoms with E-state index in [1.807, 2.05) is 24.3 Å². The van der Waals surface area contributed by atoms with E-state index in [0.717, 1.165) is 36.8 Å². The van der Waals surface area contributed by atoms with Gasteiger partial charge in [0.05, 0.1) is 18.5 Å². The molecule has 0 amide bonds. The molecule has 0 spiro atoms. The van der Waals surface area contributed by atoms with Gasteiger partial charge in [0.2, 0.25) is 10.0 Å². The number of rotatable bonds is 5. The molecular weight excluding hydrogens is 350 g/mol. The van der Waals surface area contributed by atoms with E-state index in [9.17, 15) is 8.42 Å². The van der Waals surface area contributed by atoms with Gasteiger partial charge in [-0.2, -0.15) is 0 Å². The number of benzene rings is 1. The monoisotopic (exact) mass is 369 g/mol. The zero-order chi connectivity index (χ0) is 18.1. The fourth-order valence-electron chi connectivity index (χ4n) is 3.27. The van der Waals surface area contributed by atoms with Crippen molar-refractivity contribution in [3.05, 3.63) is 59.7 Å².